The van der Waals surface area contributed by atoms with Crippen molar-refractivity contribution in [2.45, 2.75) is 39.0 Å². The summed E-state index contributed by atoms with van der Waals surface area (Å²) >= 11 is 0. The van der Waals surface area contributed by atoms with Gasteiger partial charge in [-0.15, -0.1) is 0 Å². The summed E-state index contributed by atoms with van der Waals surface area (Å²) in [7, 11) is 0. The maximum atomic E-state index is 2.43. The number of hydrogen-bond acceptors (Lipinski definition) is 0. The van der Waals surface area contributed by atoms with Gasteiger partial charge in [0.2, 0.25) is 0 Å². The van der Waals surface area contributed by atoms with Crippen LogP contribution in [0.2, 0.25) is 0 Å². The van der Waals surface area contributed by atoms with Gasteiger partial charge >= 0.3 is 135 Å². The van der Waals surface area contributed by atoms with Crippen LogP contribution in [0.5, 0.6) is 0 Å². The molecule has 1 heteroatoms. The molecule has 0 spiro atoms. The first-order chi connectivity index (χ1) is 10.8. The third-order valence-corrected chi connectivity index (χ3v) is 13.3. The van der Waals surface area contributed by atoms with Crippen LogP contribution in [0.4, 0.5) is 0 Å². The van der Waals surface area contributed by atoms with Crippen LogP contribution < -0.4 is 10.6 Å². The van der Waals surface area contributed by atoms with Gasteiger partial charge in [-0.3, -0.25) is 0 Å². The topological polar surface area (TPSA) is 0 Å². The summed E-state index contributed by atoms with van der Waals surface area (Å²) < 4.78 is 0. The van der Waals surface area contributed by atoms with Crippen LogP contribution in [0, 0.1) is 0 Å². The zero-order chi connectivity index (χ0) is 15.3. The van der Waals surface area contributed by atoms with Gasteiger partial charge < -0.3 is 0 Å². The summed E-state index contributed by atoms with van der Waals surface area (Å²) in [4.78, 5) is 0. The van der Waals surface area contributed by atoms with E-state index in [0.717, 1.165) is 0 Å². The molecule has 0 bridgehead atoms. The average molecular weight is 312 g/mol. The molecule has 22 heavy (non-hydrogen) atoms. The Hall–Kier alpha value is -1.13. The van der Waals surface area contributed by atoms with Gasteiger partial charge in [-0.1, -0.05) is 0 Å². The van der Waals surface area contributed by atoms with E-state index < -0.39 is 6.60 Å². The molecule has 118 valence electrons. The van der Waals surface area contributed by atoms with Gasteiger partial charge in [-0.2, -0.15) is 0 Å². The molecule has 0 N–H and O–H groups in total. The summed E-state index contributed by atoms with van der Waals surface area (Å²) in [6.07, 6.45) is 11.2. The average Bonchev–Trinajstić information content (AvgIpc) is 3.04. The minimum atomic E-state index is -1.97. The van der Waals surface area contributed by atoms with Crippen molar-refractivity contribution < 1.29 is 0 Å². The van der Waals surface area contributed by atoms with Gasteiger partial charge in [0.1, 0.15) is 0 Å². The van der Waals surface area contributed by atoms with Gasteiger partial charge in [-0.05, 0) is 0 Å². The third kappa shape index (κ3) is 2.52. The molecule has 0 radical (unpaired) electrons. The standard InChI is InChI=1S/C21H29P/c1-2-3-10-17-22(18-11-12-19-22,20-13-6-4-7-14-20)21-15-8-5-9-16-21/h4-9,13-16H,2-3,10-12,17-19H2,1H3. The van der Waals surface area contributed by atoms with Crippen molar-refractivity contribution in [1.82, 2.24) is 0 Å². The number of unbranched alkanes of at least 4 members (excludes halogenated alkanes) is 2. The molecule has 2 aromatic carbocycles. The normalized spacial score (nSPS) is 21.0. The Morgan fingerprint density at radius 3 is 1.68 bits per heavy atom. The SMILES string of the molecule is CCCCCP1(c2ccccc2)(c2ccccc2)CCCC1. The second-order valence-corrected chi connectivity index (χ2v) is 12.8. The molecular weight excluding hydrogens is 283 g/mol. The van der Waals surface area contributed by atoms with E-state index in [2.05, 4.69) is 67.6 Å². The molecule has 2 aromatic rings. The molecular formula is C21H29P. The molecule has 1 aliphatic rings. The van der Waals surface area contributed by atoms with Crippen LogP contribution in [0.15, 0.2) is 60.7 Å². The third-order valence-electron chi connectivity index (χ3n) is 5.81. The van der Waals surface area contributed by atoms with E-state index >= 15 is 0 Å². The Labute approximate surface area is 135 Å². The van der Waals surface area contributed by atoms with Gasteiger partial charge in [0.25, 0.3) is 0 Å². The quantitative estimate of drug-likeness (QED) is 0.509. The Bertz CT molecular complexity index is 538. The molecule has 0 aromatic heterocycles. The molecule has 0 atom stereocenters. The maximum absolute atomic E-state index is 2.43. The zero-order valence-electron chi connectivity index (χ0n) is 13.9. The van der Waals surface area contributed by atoms with Crippen molar-refractivity contribution in [2.75, 3.05) is 18.5 Å². The monoisotopic (exact) mass is 312 g/mol. The summed E-state index contributed by atoms with van der Waals surface area (Å²) in [5.74, 6) is 0. The summed E-state index contributed by atoms with van der Waals surface area (Å²) in [5, 5.41) is 3.35. The Morgan fingerprint density at radius 2 is 1.23 bits per heavy atom. The molecule has 0 aliphatic carbocycles. The molecule has 1 fully saturated rings. The first-order valence-electron chi connectivity index (χ1n) is 8.92. The number of hydrogen-bond donors (Lipinski definition) is 0. The molecule has 0 unspecified atom stereocenters. The van der Waals surface area contributed by atoms with Crippen molar-refractivity contribution in [3.8, 4) is 0 Å². The van der Waals surface area contributed by atoms with E-state index in [9.17, 15) is 0 Å². The summed E-state index contributed by atoms with van der Waals surface area (Å²) in [6.45, 7) is 0.350. The summed E-state index contributed by atoms with van der Waals surface area (Å²) in [5.41, 5.74) is 0. The van der Waals surface area contributed by atoms with Crippen LogP contribution >= 0.6 is 6.60 Å². The Kier molecular flexibility index (Phi) is 4.69. The van der Waals surface area contributed by atoms with Crippen LogP contribution in [-0.2, 0) is 0 Å². The van der Waals surface area contributed by atoms with Crippen molar-refractivity contribution in [3.05, 3.63) is 60.7 Å². The van der Waals surface area contributed by atoms with Gasteiger partial charge in [0.05, 0.1) is 0 Å². The first kappa shape index (κ1) is 15.8. The fraction of sp³-hybridized carbons (Fsp3) is 0.429. The van der Waals surface area contributed by atoms with Crippen LogP contribution in [-0.4, -0.2) is 18.5 Å². The molecule has 0 nitrogen and oxygen atoms in total. The number of benzene rings is 2. The van der Waals surface area contributed by atoms with Gasteiger partial charge in [0.15, 0.2) is 0 Å². The minimum absolute atomic E-state index is 1.32. The van der Waals surface area contributed by atoms with E-state index in [0.29, 0.717) is 0 Å². The molecule has 0 amide bonds. The van der Waals surface area contributed by atoms with Crippen LogP contribution in [0.3, 0.4) is 0 Å². The Morgan fingerprint density at radius 1 is 0.727 bits per heavy atom. The zero-order valence-corrected chi connectivity index (χ0v) is 14.8. The van der Waals surface area contributed by atoms with Crippen molar-refractivity contribution in [2.24, 2.45) is 0 Å². The van der Waals surface area contributed by atoms with Crippen molar-refractivity contribution >= 4 is 17.2 Å². The molecule has 3 rings (SSSR count). The fourth-order valence-electron chi connectivity index (χ4n) is 4.63. The second kappa shape index (κ2) is 6.55. The van der Waals surface area contributed by atoms with Crippen molar-refractivity contribution in [1.29, 1.82) is 0 Å². The second-order valence-electron chi connectivity index (χ2n) is 6.99. The predicted octanol–water partition coefficient (Wildman–Crippen LogP) is 5.17. The van der Waals surface area contributed by atoms with Crippen LogP contribution in [0.1, 0.15) is 39.0 Å². The first-order valence-corrected chi connectivity index (χ1v) is 11.7. The molecule has 1 aliphatic heterocycles. The van der Waals surface area contributed by atoms with E-state index in [1.54, 1.807) is 10.6 Å². The summed E-state index contributed by atoms with van der Waals surface area (Å²) in [6, 6.07) is 23.1. The molecule has 1 heterocycles. The van der Waals surface area contributed by atoms with Gasteiger partial charge in [-0.25, -0.2) is 0 Å². The van der Waals surface area contributed by atoms with E-state index in [4.69, 9.17) is 0 Å². The Balaban J connectivity index is 2.15. The van der Waals surface area contributed by atoms with Crippen LogP contribution in [0.25, 0.3) is 0 Å². The van der Waals surface area contributed by atoms with Gasteiger partial charge in [0, 0.05) is 0 Å². The van der Waals surface area contributed by atoms with E-state index in [-0.39, 0.29) is 0 Å². The number of rotatable bonds is 6. The predicted molar refractivity (Wildman–Crippen MR) is 102 cm³/mol. The van der Waals surface area contributed by atoms with Crippen molar-refractivity contribution in [3.63, 3.8) is 0 Å². The molecule has 1 saturated heterocycles. The fourth-order valence-corrected chi connectivity index (χ4v) is 12.0. The van der Waals surface area contributed by atoms with E-state index in [1.807, 2.05) is 0 Å². The molecule has 0 saturated carbocycles. The van der Waals surface area contributed by atoms with E-state index in [1.165, 1.54) is 50.6 Å².